The summed E-state index contributed by atoms with van der Waals surface area (Å²) in [7, 11) is 0. The van der Waals surface area contributed by atoms with Crippen LogP contribution in [0.4, 0.5) is 4.79 Å². The molecule has 0 bridgehead atoms. The highest BCUT2D eigenvalue weighted by Gasteiger charge is 2.34. The molecule has 5 nitrogen and oxygen atoms in total. The third-order valence-electron chi connectivity index (χ3n) is 3.05. The highest BCUT2D eigenvalue weighted by Crippen LogP contribution is 2.39. The molecular formula is C18H14BrNO4S. The van der Waals surface area contributed by atoms with Gasteiger partial charge in [-0.05, 0) is 58.4 Å². The first-order valence-corrected chi connectivity index (χ1v) is 8.84. The zero-order valence-corrected chi connectivity index (χ0v) is 15.8. The average Bonchev–Trinajstić information content (AvgIpc) is 2.82. The molecule has 2 amide bonds. The summed E-state index contributed by atoms with van der Waals surface area (Å²) in [4.78, 5) is 25.4. The van der Waals surface area contributed by atoms with Gasteiger partial charge in [-0.25, -0.2) is 0 Å². The third-order valence-corrected chi connectivity index (χ3v) is 4.55. The fourth-order valence-electron chi connectivity index (χ4n) is 2.07. The third kappa shape index (κ3) is 4.39. The number of hydrogen-bond donors (Lipinski definition) is 0. The zero-order chi connectivity index (χ0) is 18.4. The summed E-state index contributed by atoms with van der Waals surface area (Å²) in [6.45, 7) is 2.33. The standard InChI is InChI=1S/C18H14BrNO4S/c1-4-7-20-17(21)15(25-18(20)22)11-12-9-13(19)16(24-8-5-2)14(10-12)23-6-3/h1-2,9-11H,6-8H2,3H3. The quantitative estimate of drug-likeness (QED) is 0.521. The lowest BCUT2D eigenvalue weighted by molar-refractivity contribution is -0.122. The molecule has 0 N–H and O–H groups in total. The van der Waals surface area contributed by atoms with Gasteiger partial charge in [-0.15, -0.1) is 12.8 Å². The molecule has 7 heteroatoms. The maximum absolute atomic E-state index is 12.2. The molecule has 1 aromatic rings. The van der Waals surface area contributed by atoms with Crippen LogP contribution < -0.4 is 9.47 Å². The van der Waals surface area contributed by atoms with Crippen LogP contribution in [0.3, 0.4) is 0 Å². The Labute approximate surface area is 158 Å². The van der Waals surface area contributed by atoms with E-state index in [1.165, 1.54) is 0 Å². The van der Waals surface area contributed by atoms with Gasteiger partial charge in [0.25, 0.3) is 11.1 Å². The van der Waals surface area contributed by atoms with Gasteiger partial charge < -0.3 is 9.47 Å². The Kier molecular flexibility index (Phi) is 6.58. The first-order valence-electron chi connectivity index (χ1n) is 7.23. The zero-order valence-electron chi connectivity index (χ0n) is 13.4. The number of carbonyl (C=O) groups excluding carboxylic acids is 2. The Morgan fingerprint density at radius 1 is 1.28 bits per heavy atom. The molecule has 0 spiro atoms. The van der Waals surface area contributed by atoms with Crippen molar-refractivity contribution in [2.75, 3.05) is 19.8 Å². The highest BCUT2D eigenvalue weighted by molar-refractivity contribution is 9.10. The highest BCUT2D eigenvalue weighted by atomic mass is 79.9. The first-order chi connectivity index (χ1) is 12.0. The number of benzene rings is 1. The second-order valence-electron chi connectivity index (χ2n) is 4.73. The van der Waals surface area contributed by atoms with E-state index in [4.69, 9.17) is 22.3 Å². The van der Waals surface area contributed by atoms with Gasteiger partial charge in [0.05, 0.1) is 22.5 Å². The monoisotopic (exact) mass is 419 g/mol. The van der Waals surface area contributed by atoms with Gasteiger partial charge in [0, 0.05) is 0 Å². The summed E-state index contributed by atoms with van der Waals surface area (Å²) in [5, 5.41) is -0.382. The second-order valence-corrected chi connectivity index (χ2v) is 6.58. The Morgan fingerprint density at radius 3 is 2.68 bits per heavy atom. The molecule has 1 aliphatic heterocycles. The smallest absolute Gasteiger partial charge is 0.294 e. The molecule has 2 rings (SSSR count). The minimum Gasteiger partial charge on any atom is -0.490 e. The van der Waals surface area contributed by atoms with Crippen LogP contribution >= 0.6 is 27.7 Å². The van der Waals surface area contributed by atoms with Crippen molar-refractivity contribution in [2.45, 2.75) is 6.92 Å². The minimum atomic E-state index is -0.408. The van der Waals surface area contributed by atoms with Crippen molar-refractivity contribution in [2.24, 2.45) is 0 Å². The van der Waals surface area contributed by atoms with Gasteiger partial charge in [0.2, 0.25) is 0 Å². The van der Waals surface area contributed by atoms with Gasteiger partial charge in [0.15, 0.2) is 11.5 Å². The van der Waals surface area contributed by atoms with Crippen molar-refractivity contribution in [3.8, 4) is 36.2 Å². The number of nitrogens with zero attached hydrogens (tertiary/aromatic N) is 1. The fraction of sp³-hybridized carbons (Fsp3) is 0.222. The lowest BCUT2D eigenvalue weighted by atomic mass is 10.2. The molecule has 0 radical (unpaired) electrons. The summed E-state index contributed by atoms with van der Waals surface area (Å²) >= 11 is 4.26. The van der Waals surface area contributed by atoms with E-state index in [9.17, 15) is 9.59 Å². The van der Waals surface area contributed by atoms with Crippen LogP contribution in [-0.2, 0) is 4.79 Å². The van der Waals surface area contributed by atoms with E-state index in [2.05, 4.69) is 27.8 Å². The van der Waals surface area contributed by atoms with Gasteiger partial charge in [-0.3, -0.25) is 14.5 Å². The molecule has 0 unspecified atom stereocenters. The molecule has 1 heterocycles. The predicted octanol–water partition coefficient (Wildman–Crippen LogP) is 3.53. The van der Waals surface area contributed by atoms with Crippen molar-refractivity contribution < 1.29 is 19.1 Å². The molecule has 0 aliphatic carbocycles. The van der Waals surface area contributed by atoms with Crippen molar-refractivity contribution in [1.29, 1.82) is 0 Å². The molecule has 1 aliphatic rings. The number of hydrogen-bond acceptors (Lipinski definition) is 5. The van der Waals surface area contributed by atoms with Crippen LogP contribution in [0.25, 0.3) is 6.08 Å². The SMILES string of the molecule is C#CCOc1c(Br)cc(C=C2SC(=O)N(CC#C)C2=O)cc1OCC. The molecule has 25 heavy (non-hydrogen) atoms. The van der Waals surface area contributed by atoms with Crippen molar-refractivity contribution in [3.05, 3.63) is 27.1 Å². The summed E-state index contributed by atoms with van der Waals surface area (Å²) in [6.07, 6.45) is 12.0. The maximum atomic E-state index is 12.2. The van der Waals surface area contributed by atoms with E-state index in [1.807, 2.05) is 6.92 Å². The summed E-state index contributed by atoms with van der Waals surface area (Å²) < 4.78 is 11.7. The number of terminal acetylenes is 2. The number of ether oxygens (including phenoxy) is 2. The first kappa shape index (κ1) is 19.0. The summed E-state index contributed by atoms with van der Waals surface area (Å²) in [5.74, 6) is 5.26. The predicted molar refractivity (Wildman–Crippen MR) is 101 cm³/mol. The average molecular weight is 420 g/mol. The summed E-state index contributed by atoms with van der Waals surface area (Å²) in [5.41, 5.74) is 0.676. The Balaban J connectivity index is 2.37. The van der Waals surface area contributed by atoms with Gasteiger partial charge in [0.1, 0.15) is 6.61 Å². The second kappa shape index (κ2) is 8.66. The van der Waals surface area contributed by atoms with E-state index >= 15 is 0 Å². The Bertz CT molecular complexity index is 820. The van der Waals surface area contributed by atoms with E-state index < -0.39 is 5.91 Å². The minimum absolute atomic E-state index is 0.0469. The van der Waals surface area contributed by atoms with Crippen LogP contribution in [0.15, 0.2) is 21.5 Å². The van der Waals surface area contributed by atoms with Gasteiger partial charge in [-0.1, -0.05) is 11.8 Å². The van der Waals surface area contributed by atoms with E-state index in [0.717, 1.165) is 16.7 Å². The topological polar surface area (TPSA) is 55.8 Å². The van der Waals surface area contributed by atoms with Crippen LogP contribution in [-0.4, -0.2) is 35.8 Å². The molecular weight excluding hydrogens is 406 g/mol. The summed E-state index contributed by atoms with van der Waals surface area (Å²) in [6, 6.07) is 3.47. The Hall–Kier alpha value is -2.35. The fourth-order valence-corrected chi connectivity index (χ4v) is 3.48. The number of rotatable bonds is 6. The molecule has 1 fully saturated rings. The molecule has 128 valence electrons. The van der Waals surface area contributed by atoms with Gasteiger partial charge >= 0.3 is 0 Å². The lowest BCUT2D eigenvalue weighted by Gasteiger charge is -2.13. The molecule has 0 aromatic heterocycles. The van der Waals surface area contributed by atoms with Crippen molar-refractivity contribution in [3.63, 3.8) is 0 Å². The van der Waals surface area contributed by atoms with Gasteiger partial charge in [-0.2, -0.15) is 0 Å². The number of amides is 2. The van der Waals surface area contributed by atoms with E-state index in [0.29, 0.717) is 33.0 Å². The normalized spacial score (nSPS) is 15.2. The molecule has 1 aromatic carbocycles. The number of carbonyl (C=O) groups is 2. The van der Waals surface area contributed by atoms with E-state index in [1.54, 1.807) is 18.2 Å². The van der Waals surface area contributed by atoms with Crippen LogP contribution in [0.2, 0.25) is 0 Å². The number of imide groups is 1. The van der Waals surface area contributed by atoms with Crippen molar-refractivity contribution in [1.82, 2.24) is 4.90 Å². The number of thioether (sulfide) groups is 1. The van der Waals surface area contributed by atoms with E-state index in [-0.39, 0.29) is 18.4 Å². The number of halogens is 1. The van der Waals surface area contributed by atoms with Crippen LogP contribution in [0.5, 0.6) is 11.5 Å². The van der Waals surface area contributed by atoms with Crippen LogP contribution in [0, 0.1) is 24.7 Å². The maximum Gasteiger partial charge on any atom is 0.294 e. The van der Waals surface area contributed by atoms with Crippen molar-refractivity contribution >= 4 is 44.9 Å². The Morgan fingerprint density at radius 2 is 2.04 bits per heavy atom. The molecule has 0 atom stereocenters. The molecule has 0 saturated carbocycles. The van der Waals surface area contributed by atoms with Crippen LogP contribution in [0.1, 0.15) is 12.5 Å². The largest absolute Gasteiger partial charge is 0.490 e. The lowest BCUT2D eigenvalue weighted by Crippen LogP contribution is -2.28. The molecule has 1 saturated heterocycles.